The molecule has 0 N–H and O–H groups in total. The van der Waals surface area contributed by atoms with E-state index in [2.05, 4.69) is 4.85 Å². The first-order valence-corrected chi connectivity index (χ1v) is 3.93. The predicted octanol–water partition coefficient (Wildman–Crippen LogP) is 2.74. The van der Waals surface area contributed by atoms with Crippen molar-refractivity contribution in [1.82, 2.24) is 0 Å². The molecule has 0 aliphatic heterocycles. The van der Waals surface area contributed by atoms with Crippen molar-refractivity contribution in [3.05, 3.63) is 46.3 Å². The maximum atomic E-state index is 13.1. The fourth-order valence-corrected chi connectivity index (χ4v) is 1.14. The fourth-order valence-electron chi connectivity index (χ4n) is 1.14. The number of nitrogens with zero attached hydrogens (tertiary/aromatic N) is 1. The van der Waals surface area contributed by atoms with E-state index >= 15 is 0 Å². The average Bonchev–Trinajstić information content (AvgIpc) is 2.02. The van der Waals surface area contributed by atoms with Gasteiger partial charge in [0.15, 0.2) is 0 Å². The van der Waals surface area contributed by atoms with Gasteiger partial charge in [0.25, 0.3) is 0 Å². The van der Waals surface area contributed by atoms with Gasteiger partial charge in [-0.1, -0.05) is 0 Å². The summed E-state index contributed by atoms with van der Waals surface area (Å²) >= 11 is 0. The van der Waals surface area contributed by atoms with Gasteiger partial charge in [-0.25, -0.2) is 15.4 Å². The molecular weight excluding hydrogens is 172 g/mol. The zero-order valence-corrected chi connectivity index (χ0v) is 7.27. The summed E-state index contributed by atoms with van der Waals surface area (Å²) < 4.78 is 26.2. The number of hydrogen-bond acceptors (Lipinski definition) is 0. The predicted molar refractivity (Wildman–Crippen MR) is 46.3 cm³/mol. The molecular formula is C10H9F2N. The molecule has 0 atom stereocenters. The van der Waals surface area contributed by atoms with Crippen LogP contribution < -0.4 is 0 Å². The van der Waals surface area contributed by atoms with Crippen LogP contribution in [0.15, 0.2) is 12.1 Å². The van der Waals surface area contributed by atoms with Gasteiger partial charge in [0.05, 0.1) is 6.42 Å². The lowest BCUT2D eigenvalue weighted by atomic mass is 10.1. The maximum absolute atomic E-state index is 13.1. The van der Waals surface area contributed by atoms with Crippen LogP contribution in [0, 0.1) is 25.1 Å². The van der Waals surface area contributed by atoms with Crippen molar-refractivity contribution in [2.75, 3.05) is 6.54 Å². The molecule has 0 aliphatic rings. The smallest absolute Gasteiger partial charge is 0.218 e. The van der Waals surface area contributed by atoms with E-state index in [0.29, 0.717) is 5.56 Å². The third-order valence-corrected chi connectivity index (χ3v) is 1.76. The Hall–Kier alpha value is -1.43. The highest BCUT2D eigenvalue weighted by Gasteiger charge is 2.10. The summed E-state index contributed by atoms with van der Waals surface area (Å²) in [5, 5.41) is 0. The second-order valence-corrected chi connectivity index (χ2v) is 2.84. The van der Waals surface area contributed by atoms with Crippen molar-refractivity contribution in [3.63, 3.8) is 0 Å². The molecule has 0 radical (unpaired) electrons. The summed E-state index contributed by atoms with van der Waals surface area (Å²) in [6, 6.07) is 2.56. The highest BCUT2D eigenvalue weighted by molar-refractivity contribution is 5.25. The standard InChI is InChI=1S/C10H9F2N/c1-7-5-9(11)8(3-4-13-2)10(12)6-7/h5-6H,3-4H2,1H3. The zero-order valence-electron chi connectivity index (χ0n) is 7.27. The first-order valence-electron chi connectivity index (χ1n) is 3.93. The molecule has 0 fully saturated rings. The van der Waals surface area contributed by atoms with Gasteiger partial charge < -0.3 is 4.85 Å². The SMILES string of the molecule is [C-]#[N+]CCc1c(F)cc(C)cc1F. The molecule has 1 aromatic rings. The molecule has 0 saturated carbocycles. The number of aryl methyl sites for hydroxylation is 1. The van der Waals surface area contributed by atoms with Gasteiger partial charge >= 0.3 is 0 Å². The van der Waals surface area contributed by atoms with E-state index in [0.717, 1.165) is 0 Å². The average molecular weight is 181 g/mol. The van der Waals surface area contributed by atoms with Crippen molar-refractivity contribution in [3.8, 4) is 0 Å². The van der Waals surface area contributed by atoms with Crippen LogP contribution in [-0.4, -0.2) is 6.54 Å². The molecule has 1 nitrogen and oxygen atoms in total. The third-order valence-electron chi connectivity index (χ3n) is 1.76. The summed E-state index contributed by atoms with van der Waals surface area (Å²) in [5.74, 6) is -1.11. The third kappa shape index (κ3) is 2.25. The number of benzene rings is 1. The number of rotatable bonds is 2. The van der Waals surface area contributed by atoms with Crippen LogP contribution in [0.1, 0.15) is 11.1 Å². The van der Waals surface area contributed by atoms with Crippen molar-refractivity contribution >= 4 is 0 Å². The lowest BCUT2D eigenvalue weighted by molar-refractivity contribution is 0.556. The molecule has 68 valence electrons. The Morgan fingerprint density at radius 2 is 1.85 bits per heavy atom. The van der Waals surface area contributed by atoms with Gasteiger partial charge in [0.2, 0.25) is 6.54 Å². The van der Waals surface area contributed by atoms with Gasteiger partial charge in [-0.3, -0.25) is 0 Å². The normalized spacial score (nSPS) is 9.69. The largest absolute Gasteiger partial charge is 0.317 e. The summed E-state index contributed by atoms with van der Waals surface area (Å²) in [6.45, 7) is 8.27. The van der Waals surface area contributed by atoms with E-state index in [9.17, 15) is 8.78 Å². The van der Waals surface area contributed by atoms with Gasteiger partial charge in [-0.2, -0.15) is 0 Å². The Bertz CT molecular complexity index is 329. The van der Waals surface area contributed by atoms with E-state index in [4.69, 9.17) is 6.57 Å². The lowest BCUT2D eigenvalue weighted by Gasteiger charge is -2.02. The quantitative estimate of drug-likeness (QED) is 0.618. The van der Waals surface area contributed by atoms with Gasteiger partial charge in [-0.15, -0.1) is 0 Å². The Morgan fingerprint density at radius 1 is 1.31 bits per heavy atom. The topological polar surface area (TPSA) is 4.36 Å². The van der Waals surface area contributed by atoms with Crippen LogP contribution in [0.5, 0.6) is 0 Å². The van der Waals surface area contributed by atoms with E-state index < -0.39 is 11.6 Å². The highest BCUT2D eigenvalue weighted by Crippen LogP contribution is 2.15. The zero-order chi connectivity index (χ0) is 9.84. The van der Waals surface area contributed by atoms with Crippen molar-refractivity contribution in [2.24, 2.45) is 0 Å². The van der Waals surface area contributed by atoms with Crippen LogP contribution in [-0.2, 0) is 6.42 Å². The van der Waals surface area contributed by atoms with Crippen LogP contribution in [0.4, 0.5) is 8.78 Å². The van der Waals surface area contributed by atoms with Crippen LogP contribution in [0.2, 0.25) is 0 Å². The first-order chi connectivity index (χ1) is 6.15. The van der Waals surface area contributed by atoms with Gasteiger partial charge in [-0.05, 0) is 24.6 Å². The van der Waals surface area contributed by atoms with Crippen LogP contribution >= 0.6 is 0 Å². The monoisotopic (exact) mass is 181 g/mol. The highest BCUT2D eigenvalue weighted by atomic mass is 19.1. The minimum absolute atomic E-state index is 0.0154. The van der Waals surface area contributed by atoms with Crippen molar-refractivity contribution < 1.29 is 8.78 Å². The van der Waals surface area contributed by atoms with E-state index in [1.54, 1.807) is 6.92 Å². The number of halogens is 2. The minimum atomic E-state index is -0.554. The molecule has 0 heterocycles. The second-order valence-electron chi connectivity index (χ2n) is 2.84. The molecule has 1 aromatic carbocycles. The minimum Gasteiger partial charge on any atom is -0.317 e. The van der Waals surface area contributed by atoms with E-state index in [1.165, 1.54) is 12.1 Å². The van der Waals surface area contributed by atoms with E-state index in [1.807, 2.05) is 0 Å². The molecule has 0 bridgehead atoms. The lowest BCUT2D eigenvalue weighted by Crippen LogP contribution is -1.98. The van der Waals surface area contributed by atoms with Crippen LogP contribution in [0.3, 0.4) is 0 Å². The summed E-state index contributed by atoms with van der Waals surface area (Å²) in [6.07, 6.45) is 0.140. The van der Waals surface area contributed by atoms with Gasteiger partial charge in [0.1, 0.15) is 11.6 Å². The molecule has 13 heavy (non-hydrogen) atoms. The number of hydrogen-bond donors (Lipinski definition) is 0. The Labute approximate surface area is 75.8 Å². The maximum Gasteiger partial charge on any atom is 0.218 e. The molecule has 3 heteroatoms. The van der Waals surface area contributed by atoms with Crippen molar-refractivity contribution in [2.45, 2.75) is 13.3 Å². The molecule has 0 aromatic heterocycles. The first kappa shape index (κ1) is 9.66. The molecule has 1 rings (SSSR count). The Kier molecular flexibility index (Phi) is 2.97. The summed E-state index contributed by atoms with van der Waals surface area (Å²) in [7, 11) is 0. The molecule has 0 spiro atoms. The Balaban J connectivity index is 3.00. The van der Waals surface area contributed by atoms with E-state index in [-0.39, 0.29) is 18.5 Å². The second kappa shape index (κ2) is 3.99. The molecule has 0 unspecified atom stereocenters. The van der Waals surface area contributed by atoms with Crippen molar-refractivity contribution in [1.29, 1.82) is 0 Å². The summed E-state index contributed by atoms with van der Waals surface area (Å²) in [5.41, 5.74) is 0.572. The molecule has 0 amide bonds. The summed E-state index contributed by atoms with van der Waals surface area (Å²) in [4.78, 5) is 3.05. The van der Waals surface area contributed by atoms with Gasteiger partial charge in [0, 0.05) is 5.56 Å². The Morgan fingerprint density at radius 3 is 2.31 bits per heavy atom. The molecule has 0 aliphatic carbocycles. The van der Waals surface area contributed by atoms with Crippen LogP contribution in [0.25, 0.3) is 4.85 Å². The molecule has 0 saturated heterocycles. The fraction of sp³-hybridized carbons (Fsp3) is 0.300.